The van der Waals surface area contributed by atoms with E-state index in [2.05, 4.69) is 27.0 Å². The van der Waals surface area contributed by atoms with Gasteiger partial charge in [0, 0.05) is 24.9 Å². The van der Waals surface area contributed by atoms with E-state index < -0.39 is 0 Å². The van der Waals surface area contributed by atoms with Crippen molar-refractivity contribution in [2.75, 3.05) is 13.6 Å². The fraction of sp³-hybridized carbons (Fsp3) is 0.500. The highest BCUT2D eigenvalue weighted by atomic mass is 15.0. The van der Waals surface area contributed by atoms with E-state index in [0.29, 0.717) is 0 Å². The van der Waals surface area contributed by atoms with E-state index >= 15 is 0 Å². The second-order valence-corrected chi connectivity index (χ2v) is 1.93. The number of hydrogen-bond donors (Lipinski definition) is 4. The Morgan fingerprint density at radius 3 is 2.82 bits per heavy atom. The Labute approximate surface area is 66.2 Å². The molecule has 11 heavy (non-hydrogen) atoms. The summed E-state index contributed by atoms with van der Waals surface area (Å²) < 4.78 is 0. The summed E-state index contributed by atoms with van der Waals surface area (Å²) in [6.07, 6.45) is 4.57. The van der Waals surface area contributed by atoms with Gasteiger partial charge in [-0.05, 0) is 7.05 Å². The Bertz CT molecular complexity index is 148. The maximum atomic E-state index is 4.00. The van der Waals surface area contributed by atoms with Gasteiger partial charge < -0.3 is 10.3 Å². The lowest BCUT2D eigenvalue weighted by Gasteiger charge is -1.93. The van der Waals surface area contributed by atoms with E-state index in [4.69, 9.17) is 0 Å². The van der Waals surface area contributed by atoms with Crippen molar-refractivity contribution < 1.29 is 0 Å². The van der Waals surface area contributed by atoms with Gasteiger partial charge in [0.05, 0.1) is 6.33 Å². The van der Waals surface area contributed by atoms with Crippen LogP contribution in [-0.4, -0.2) is 23.6 Å². The Morgan fingerprint density at radius 2 is 2.36 bits per heavy atom. The molecule has 0 aliphatic carbocycles. The molecule has 1 aromatic heterocycles. The van der Waals surface area contributed by atoms with Crippen LogP contribution in [-0.2, 0) is 6.42 Å². The first-order chi connectivity index (χ1) is 5.43. The van der Waals surface area contributed by atoms with Gasteiger partial charge in [-0.15, -0.1) is 0 Å². The number of nitrogens with one attached hydrogen (secondary N) is 2. The number of imidazole rings is 1. The van der Waals surface area contributed by atoms with E-state index in [1.54, 1.807) is 6.33 Å². The molecule has 0 saturated heterocycles. The minimum Gasteiger partial charge on any atom is -0.348 e. The molecule has 5 heteroatoms. The van der Waals surface area contributed by atoms with Crippen LogP contribution in [0, 0.1) is 0 Å². The monoisotopic (exact) mass is 157 g/mol. The van der Waals surface area contributed by atoms with E-state index in [9.17, 15) is 0 Å². The molecule has 0 bridgehead atoms. The molecule has 0 unspecified atom stereocenters. The van der Waals surface area contributed by atoms with Crippen LogP contribution in [0.15, 0.2) is 12.5 Å². The number of nitrogens with two attached hydrogens (primary N) is 2. The van der Waals surface area contributed by atoms with Crippen molar-refractivity contribution in [3.63, 3.8) is 0 Å². The lowest BCUT2D eigenvalue weighted by molar-refractivity contribution is 0.780. The lowest BCUT2D eigenvalue weighted by atomic mass is 10.3. The van der Waals surface area contributed by atoms with Crippen LogP contribution in [0.2, 0.25) is 0 Å². The number of hydrazine groups is 1. The number of rotatable bonds is 3. The SMILES string of the molecule is CNCCc1cnc[nH]1.NN. The molecule has 0 saturated carbocycles. The van der Waals surface area contributed by atoms with E-state index in [1.807, 2.05) is 13.2 Å². The molecule has 0 spiro atoms. The third-order valence-corrected chi connectivity index (χ3v) is 1.20. The van der Waals surface area contributed by atoms with Crippen molar-refractivity contribution in [2.45, 2.75) is 6.42 Å². The van der Waals surface area contributed by atoms with E-state index in [-0.39, 0.29) is 0 Å². The normalized spacial score (nSPS) is 8.64. The fourth-order valence-electron chi connectivity index (χ4n) is 0.681. The van der Waals surface area contributed by atoms with Gasteiger partial charge in [0.15, 0.2) is 0 Å². The van der Waals surface area contributed by atoms with Crippen LogP contribution in [0.4, 0.5) is 0 Å². The summed E-state index contributed by atoms with van der Waals surface area (Å²) in [5, 5.41) is 3.06. The summed E-state index contributed by atoms with van der Waals surface area (Å²) in [5.41, 5.74) is 1.18. The van der Waals surface area contributed by atoms with Crippen LogP contribution < -0.4 is 17.0 Å². The minimum atomic E-state index is 1.00. The molecular formula is C6H15N5. The Hall–Kier alpha value is -0.910. The molecule has 6 N–H and O–H groups in total. The van der Waals surface area contributed by atoms with Gasteiger partial charge >= 0.3 is 0 Å². The molecule has 0 aliphatic heterocycles. The standard InChI is InChI=1S/C6H11N3.H4N2/c1-7-3-2-6-4-8-5-9-6;1-2/h4-5,7H,2-3H2,1H3,(H,8,9);1-2H2. The van der Waals surface area contributed by atoms with Gasteiger partial charge in [-0.2, -0.15) is 0 Å². The topological polar surface area (TPSA) is 92.8 Å². The lowest BCUT2D eigenvalue weighted by Crippen LogP contribution is -2.10. The highest BCUT2D eigenvalue weighted by Crippen LogP contribution is 1.89. The van der Waals surface area contributed by atoms with Crippen LogP contribution in [0.3, 0.4) is 0 Å². The molecular weight excluding hydrogens is 142 g/mol. The third kappa shape index (κ3) is 4.49. The number of hydrogen-bond acceptors (Lipinski definition) is 4. The molecule has 0 atom stereocenters. The van der Waals surface area contributed by atoms with Crippen LogP contribution >= 0.6 is 0 Å². The van der Waals surface area contributed by atoms with Gasteiger partial charge in [-0.3, -0.25) is 11.7 Å². The average molecular weight is 157 g/mol. The van der Waals surface area contributed by atoms with Gasteiger partial charge in [0.2, 0.25) is 0 Å². The van der Waals surface area contributed by atoms with Gasteiger partial charge in [0.25, 0.3) is 0 Å². The summed E-state index contributed by atoms with van der Waals surface area (Å²) >= 11 is 0. The summed E-state index contributed by atoms with van der Waals surface area (Å²) in [6.45, 7) is 1.00. The molecule has 1 heterocycles. The zero-order valence-corrected chi connectivity index (χ0v) is 6.67. The van der Waals surface area contributed by atoms with Crippen molar-refractivity contribution in [1.29, 1.82) is 0 Å². The first kappa shape index (κ1) is 10.1. The zero-order valence-electron chi connectivity index (χ0n) is 6.67. The summed E-state index contributed by atoms with van der Waals surface area (Å²) in [6, 6.07) is 0. The molecule has 1 aromatic rings. The van der Waals surface area contributed by atoms with Crippen LogP contribution in [0.25, 0.3) is 0 Å². The van der Waals surface area contributed by atoms with E-state index in [0.717, 1.165) is 13.0 Å². The van der Waals surface area contributed by atoms with Crippen molar-refractivity contribution in [1.82, 2.24) is 15.3 Å². The molecule has 0 fully saturated rings. The minimum absolute atomic E-state index is 1.00. The summed E-state index contributed by atoms with van der Waals surface area (Å²) in [5.74, 6) is 8.00. The number of aromatic amines is 1. The molecule has 0 amide bonds. The van der Waals surface area contributed by atoms with Crippen molar-refractivity contribution >= 4 is 0 Å². The molecule has 5 nitrogen and oxygen atoms in total. The fourth-order valence-corrected chi connectivity index (χ4v) is 0.681. The Kier molecular flexibility index (Phi) is 6.60. The van der Waals surface area contributed by atoms with Gasteiger partial charge in [0.1, 0.15) is 0 Å². The third-order valence-electron chi connectivity index (χ3n) is 1.20. The molecule has 64 valence electrons. The maximum Gasteiger partial charge on any atom is 0.0921 e. The smallest absolute Gasteiger partial charge is 0.0921 e. The number of likely N-dealkylation sites (N-methyl/N-ethyl adjacent to an activating group) is 1. The average Bonchev–Trinajstić information content (AvgIpc) is 2.57. The first-order valence-corrected chi connectivity index (χ1v) is 3.38. The van der Waals surface area contributed by atoms with E-state index in [1.165, 1.54) is 5.69 Å². The van der Waals surface area contributed by atoms with Crippen LogP contribution in [0.5, 0.6) is 0 Å². The summed E-state index contributed by atoms with van der Waals surface area (Å²) in [7, 11) is 1.94. The predicted octanol–water partition coefficient (Wildman–Crippen LogP) is -1.01. The van der Waals surface area contributed by atoms with Gasteiger partial charge in [-0.25, -0.2) is 4.98 Å². The molecule has 0 radical (unpaired) electrons. The maximum absolute atomic E-state index is 4.00. The molecule has 0 aliphatic rings. The zero-order chi connectivity index (χ0) is 8.53. The second-order valence-electron chi connectivity index (χ2n) is 1.93. The number of H-pyrrole nitrogens is 1. The first-order valence-electron chi connectivity index (χ1n) is 3.38. The van der Waals surface area contributed by atoms with Crippen molar-refractivity contribution in [3.8, 4) is 0 Å². The predicted molar refractivity (Wildman–Crippen MR) is 44.6 cm³/mol. The quantitative estimate of drug-likeness (QED) is 0.334. The van der Waals surface area contributed by atoms with Crippen molar-refractivity contribution in [3.05, 3.63) is 18.2 Å². The highest BCUT2D eigenvalue weighted by molar-refractivity contribution is 4.94. The van der Waals surface area contributed by atoms with Crippen LogP contribution in [0.1, 0.15) is 5.69 Å². The number of nitrogens with zero attached hydrogens (tertiary/aromatic N) is 1. The number of aromatic nitrogens is 2. The Morgan fingerprint density at radius 1 is 1.64 bits per heavy atom. The molecule has 1 rings (SSSR count). The van der Waals surface area contributed by atoms with Gasteiger partial charge in [-0.1, -0.05) is 0 Å². The Balaban J connectivity index is 0.000000461. The van der Waals surface area contributed by atoms with Crippen molar-refractivity contribution in [2.24, 2.45) is 11.7 Å². The second kappa shape index (κ2) is 7.20. The largest absolute Gasteiger partial charge is 0.348 e. The summed E-state index contributed by atoms with van der Waals surface area (Å²) in [4.78, 5) is 6.91. The molecule has 0 aromatic carbocycles. The highest BCUT2D eigenvalue weighted by Gasteiger charge is 1.89.